The Hall–Kier alpha value is -4.38. The summed E-state index contributed by atoms with van der Waals surface area (Å²) in [5, 5.41) is 5.41. The lowest BCUT2D eigenvalue weighted by atomic mass is 10.0. The van der Waals surface area contributed by atoms with Crippen LogP contribution in [0.4, 0.5) is 29.1 Å². The van der Waals surface area contributed by atoms with Crippen molar-refractivity contribution in [2.24, 2.45) is 0 Å². The standard InChI is InChI=1S/C26H19F4N5O2/c27-16-3-1-15(11-18(16)29)26(37)34-20-6-4-17(28)23(24(20)30)25(36)14-2-5-19-21(12-14)33-22(13-32-19)35-9-7-31-8-10-35/h1-6,11-13,31H,7-10H2,(H,34,37). The Bertz CT molecular complexity index is 1540. The van der Waals surface area contributed by atoms with E-state index >= 15 is 4.39 Å². The Morgan fingerprint density at radius 2 is 1.57 bits per heavy atom. The van der Waals surface area contributed by atoms with Crippen LogP contribution in [0.1, 0.15) is 26.3 Å². The molecule has 3 aromatic carbocycles. The summed E-state index contributed by atoms with van der Waals surface area (Å²) in [4.78, 5) is 36.5. The van der Waals surface area contributed by atoms with Gasteiger partial charge < -0.3 is 15.5 Å². The summed E-state index contributed by atoms with van der Waals surface area (Å²) in [6.07, 6.45) is 1.63. The number of carbonyl (C=O) groups excluding carboxylic acids is 2. The van der Waals surface area contributed by atoms with E-state index in [4.69, 9.17) is 0 Å². The number of ketones is 1. The number of rotatable bonds is 5. The molecule has 11 heteroatoms. The number of halogens is 4. The van der Waals surface area contributed by atoms with Crippen molar-refractivity contribution in [1.29, 1.82) is 0 Å². The van der Waals surface area contributed by atoms with Gasteiger partial charge in [-0.2, -0.15) is 0 Å². The average molecular weight is 509 g/mol. The number of hydrogen-bond donors (Lipinski definition) is 2. The lowest BCUT2D eigenvalue weighted by molar-refractivity contribution is 0.101. The Balaban J connectivity index is 1.45. The molecule has 7 nitrogen and oxygen atoms in total. The van der Waals surface area contributed by atoms with E-state index in [2.05, 4.69) is 20.6 Å². The summed E-state index contributed by atoms with van der Waals surface area (Å²) in [5.41, 5.74) is -0.811. The number of hydrogen-bond acceptors (Lipinski definition) is 6. The minimum absolute atomic E-state index is 0.0267. The zero-order valence-electron chi connectivity index (χ0n) is 19.2. The number of anilines is 2. The van der Waals surface area contributed by atoms with Crippen LogP contribution in [0.15, 0.2) is 54.7 Å². The van der Waals surface area contributed by atoms with E-state index in [1.165, 1.54) is 18.2 Å². The summed E-state index contributed by atoms with van der Waals surface area (Å²) >= 11 is 0. The molecule has 188 valence electrons. The van der Waals surface area contributed by atoms with Crippen LogP contribution < -0.4 is 15.5 Å². The van der Waals surface area contributed by atoms with Crippen LogP contribution in [0.5, 0.6) is 0 Å². The van der Waals surface area contributed by atoms with Gasteiger partial charge in [0.15, 0.2) is 23.2 Å². The molecule has 1 aromatic heterocycles. The minimum atomic E-state index is -1.30. The molecule has 4 aromatic rings. The summed E-state index contributed by atoms with van der Waals surface area (Å²) in [5.74, 6) is -6.16. The number of nitrogens with one attached hydrogen (secondary N) is 2. The molecule has 1 saturated heterocycles. The second kappa shape index (κ2) is 9.94. The van der Waals surface area contributed by atoms with Crippen LogP contribution in [-0.2, 0) is 0 Å². The molecule has 0 atom stereocenters. The molecule has 0 aliphatic carbocycles. The van der Waals surface area contributed by atoms with Gasteiger partial charge in [-0.3, -0.25) is 14.6 Å². The average Bonchev–Trinajstić information content (AvgIpc) is 2.91. The first kappa shape index (κ1) is 24.3. The fourth-order valence-electron chi connectivity index (χ4n) is 4.02. The second-order valence-corrected chi connectivity index (χ2v) is 8.36. The molecule has 0 radical (unpaired) electrons. The van der Waals surface area contributed by atoms with E-state index in [0.717, 1.165) is 50.4 Å². The molecule has 37 heavy (non-hydrogen) atoms. The zero-order valence-corrected chi connectivity index (χ0v) is 19.2. The Kier molecular flexibility index (Phi) is 6.53. The van der Waals surface area contributed by atoms with Gasteiger partial charge in [-0.25, -0.2) is 22.5 Å². The van der Waals surface area contributed by atoms with Gasteiger partial charge in [-0.05, 0) is 48.5 Å². The Morgan fingerprint density at radius 1 is 0.838 bits per heavy atom. The summed E-state index contributed by atoms with van der Waals surface area (Å²) in [6, 6.07) is 8.48. The molecule has 5 rings (SSSR count). The second-order valence-electron chi connectivity index (χ2n) is 8.36. The van der Waals surface area contributed by atoms with Gasteiger partial charge in [0.1, 0.15) is 11.6 Å². The number of amides is 1. The lowest BCUT2D eigenvalue weighted by Crippen LogP contribution is -2.43. The molecule has 2 heterocycles. The van der Waals surface area contributed by atoms with Crippen LogP contribution in [0.3, 0.4) is 0 Å². The predicted molar refractivity (Wildman–Crippen MR) is 129 cm³/mol. The Morgan fingerprint density at radius 3 is 2.32 bits per heavy atom. The molecule has 0 spiro atoms. The normalized spacial score (nSPS) is 13.6. The first-order valence-corrected chi connectivity index (χ1v) is 11.3. The summed E-state index contributed by atoms with van der Waals surface area (Å²) in [7, 11) is 0. The number of aromatic nitrogens is 2. The maximum atomic E-state index is 15.3. The highest BCUT2D eigenvalue weighted by atomic mass is 19.2. The van der Waals surface area contributed by atoms with Gasteiger partial charge in [-0.1, -0.05) is 0 Å². The highest BCUT2D eigenvalue weighted by Crippen LogP contribution is 2.26. The van der Waals surface area contributed by atoms with Crippen molar-refractivity contribution in [3.8, 4) is 0 Å². The number of piperazine rings is 1. The van der Waals surface area contributed by atoms with Crippen LogP contribution in [0.2, 0.25) is 0 Å². The topological polar surface area (TPSA) is 87.2 Å². The van der Waals surface area contributed by atoms with E-state index in [9.17, 15) is 22.8 Å². The van der Waals surface area contributed by atoms with Crippen molar-refractivity contribution in [2.45, 2.75) is 0 Å². The van der Waals surface area contributed by atoms with Crippen molar-refractivity contribution >= 4 is 34.2 Å². The van der Waals surface area contributed by atoms with Crippen molar-refractivity contribution in [2.75, 3.05) is 36.4 Å². The highest BCUT2D eigenvalue weighted by Gasteiger charge is 2.24. The van der Waals surface area contributed by atoms with Crippen LogP contribution in [-0.4, -0.2) is 47.8 Å². The van der Waals surface area contributed by atoms with Crippen molar-refractivity contribution in [3.63, 3.8) is 0 Å². The molecule has 1 fully saturated rings. The molecule has 1 aliphatic heterocycles. The van der Waals surface area contributed by atoms with Crippen molar-refractivity contribution < 1.29 is 27.2 Å². The van der Waals surface area contributed by atoms with Gasteiger partial charge in [0.05, 0.1) is 28.5 Å². The van der Waals surface area contributed by atoms with Crippen LogP contribution >= 0.6 is 0 Å². The molecular formula is C26H19F4N5O2. The van der Waals surface area contributed by atoms with Gasteiger partial charge in [0, 0.05) is 37.3 Å². The van der Waals surface area contributed by atoms with Crippen molar-refractivity contribution in [3.05, 3.63) is 94.7 Å². The van der Waals surface area contributed by atoms with Gasteiger partial charge >= 0.3 is 0 Å². The third-order valence-electron chi connectivity index (χ3n) is 5.98. The first-order chi connectivity index (χ1) is 17.8. The number of benzene rings is 3. The molecule has 2 N–H and O–H groups in total. The van der Waals surface area contributed by atoms with E-state index in [0.29, 0.717) is 22.9 Å². The predicted octanol–water partition coefficient (Wildman–Crippen LogP) is 4.08. The maximum Gasteiger partial charge on any atom is 0.255 e. The van der Waals surface area contributed by atoms with Crippen LogP contribution in [0, 0.1) is 23.3 Å². The zero-order chi connectivity index (χ0) is 26.1. The molecule has 1 amide bonds. The third kappa shape index (κ3) is 4.85. The van der Waals surface area contributed by atoms with Crippen LogP contribution in [0.25, 0.3) is 11.0 Å². The quantitative estimate of drug-likeness (QED) is 0.312. The van der Waals surface area contributed by atoms with Crippen molar-refractivity contribution in [1.82, 2.24) is 15.3 Å². The summed E-state index contributed by atoms with van der Waals surface area (Å²) < 4.78 is 56.5. The Labute approximate surface area is 208 Å². The SMILES string of the molecule is O=C(Nc1ccc(F)c(C(=O)c2ccc3ncc(N4CCNCC4)nc3c2)c1F)c1ccc(F)c(F)c1. The number of carbonyl (C=O) groups is 2. The molecular weight excluding hydrogens is 490 g/mol. The monoisotopic (exact) mass is 509 g/mol. The molecule has 0 unspecified atom stereocenters. The van der Waals surface area contributed by atoms with E-state index in [1.54, 1.807) is 6.20 Å². The fourth-order valence-corrected chi connectivity index (χ4v) is 4.02. The van der Waals surface area contributed by atoms with Gasteiger partial charge in [0.2, 0.25) is 0 Å². The summed E-state index contributed by atoms with van der Waals surface area (Å²) in [6.45, 7) is 3.05. The molecule has 0 bridgehead atoms. The first-order valence-electron chi connectivity index (χ1n) is 11.3. The van der Waals surface area contributed by atoms with E-state index in [-0.39, 0.29) is 11.1 Å². The molecule has 0 saturated carbocycles. The third-order valence-corrected chi connectivity index (χ3v) is 5.98. The van der Waals surface area contributed by atoms with Gasteiger partial charge in [0.25, 0.3) is 5.91 Å². The fraction of sp³-hybridized carbons (Fsp3) is 0.154. The molecule has 1 aliphatic rings. The highest BCUT2D eigenvalue weighted by molar-refractivity contribution is 6.12. The largest absolute Gasteiger partial charge is 0.353 e. The lowest BCUT2D eigenvalue weighted by Gasteiger charge is -2.28. The number of nitrogens with zero attached hydrogens (tertiary/aromatic N) is 3. The van der Waals surface area contributed by atoms with Gasteiger partial charge in [-0.15, -0.1) is 0 Å². The maximum absolute atomic E-state index is 15.3. The van der Waals surface area contributed by atoms with E-state index < -0.39 is 46.2 Å². The minimum Gasteiger partial charge on any atom is -0.353 e. The van der Waals surface area contributed by atoms with E-state index in [1.807, 2.05) is 4.90 Å². The smallest absolute Gasteiger partial charge is 0.255 e. The number of fused-ring (bicyclic) bond motifs is 1.